The minimum absolute atomic E-state index is 0.271. The number of anilines is 1. The molecule has 1 fully saturated rings. The molecule has 1 N–H and O–H groups in total. The smallest absolute Gasteiger partial charge is 0.224 e. The molecule has 1 heterocycles. The number of aromatic nitrogens is 2. The number of ether oxygens (including phenoxy) is 1. The molecule has 2 aromatic rings. The van der Waals surface area contributed by atoms with E-state index in [1.54, 1.807) is 19.1 Å². The lowest BCUT2D eigenvalue weighted by Crippen LogP contribution is -2.01. The zero-order chi connectivity index (χ0) is 14.1. The van der Waals surface area contributed by atoms with Crippen LogP contribution in [0.5, 0.6) is 11.6 Å². The summed E-state index contributed by atoms with van der Waals surface area (Å²) in [5.74, 6) is 2.81. The monoisotopic (exact) mass is 273 g/mol. The quantitative estimate of drug-likeness (QED) is 0.924. The van der Waals surface area contributed by atoms with Gasteiger partial charge in [-0.2, -0.15) is 4.98 Å². The summed E-state index contributed by atoms with van der Waals surface area (Å²) in [6.07, 6.45) is 2.25. The molecule has 5 heteroatoms. The first-order valence-corrected chi connectivity index (χ1v) is 6.66. The molecule has 0 saturated heterocycles. The van der Waals surface area contributed by atoms with Gasteiger partial charge in [-0.25, -0.2) is 9.37 Å². The second kappa shape index (κ2) is 5.07. The summed E-state index contributed by atoms with van der Waals surface area (Å²) in [6, 6.07) is 6.18. The van der Waals surface area contributed by atoms with E-state index in [0.29, 0.717) is 17.5 Å². The predicted molar refractivity (Wildman–Crippen MR) is 74.8 cm³/mol. The maximum absolute atomic E-state index is 13.1. The fourth-order valence-corrected chi connectivity index (χ4v) is 1.99. The van der Waals surface area contributed by atoms with Crippen molar-refractivity contribution in [2.45, 2.75) is 25.7 Å². The molecule has 1 aromatic heterocycles. The SMILES string of the molecule is CNc1cc(Oc2ccc(F)cc2C)nc(C2CC2)n1. The number of hydrogen-bond donors (Lipinski definition) is 1. The molecule has 0 spiro atoms. The Morgan fingerprint density at radius 3 is 2.70 bits per heavy atom. The highest BCUT2D eigenvalue weighted by molar-refractivity contribution is 5.42. The summed E-state index contributed by atoms with van der Waals surface area (Å²) < 4.78 is 18.9. The van der Waals surface area contributed by atoms with E-state index in [0.717, 1.165) is 30.0 Å². The molecule has 0 aliphatic heterocycles. The lowest BCUT2D eigenvalue weighted by molar-refractivity contribution is 0.454. The van der Waals surface area contributed by atoms with Crippen molar-refractivity contribution < 1.29 is 9.13 Å². The lowest BCUT2D eigenvalue weighted by atomic mass is 10.2. The summed E-state index contributed by atoms with van der Waals surface area (Å²) in [5, 5.41) is 3.01. The second-order valence-corrected chi connectivity index (χ2v) is 4.99. The fraction of sp³-hybridized carbons (Fsp3) is 0.333. The van der Waals surface area contributed by atoms with E-state index in [2.05, 4.69) is 15.3 Å². The summed E-state index contributed by atoms with van der Waals surface area (Å²) in [6.45, 7) is 1.81. The number of halogens is 1. The van der Waals surface area contributed by atoms with Crippen LogP contribution in [0.1, 0.15) is 30.1 Å². The van der Waals surface area contributed by atoms with Crippen LogP contribution in [0, 0.1) is 12.7 Å². The van der Waals surface area contributed by atoms with Crippen molar-refractivity contribution in [2.75, 3.05) is 12.4 Å². The Morgan fingerprint density at radius 2 is 2.05 bits per heavy atom. The van der Waals surface area contributed by atoms with Gasteiger partial charge >= 0.3 is 0 Å². The van der Waals surface area contributed by atoms with E-state index in [-0.39, 0.29) is 5.82 Å². The molecular weight excluding hydrogens is 257 g/mol. The van der Waals surface area contributed by atoms with Gasteiger partial charge in [0.25, 0.3) is 0 Å². The molecule has 0 unspecified atom stereocenters. The third-order valence-electron chi connectivity index (χ3n) is 3.27. The van der Waals surface area contributed by atoms with Crippen LogP contribution in [0.25, 0.3) is 0 Å². The van der Waals surface area contributed by atoms with Crippen molar-refractivity contribution in [3.05, 3.63) is 41.5 Å². The van der Waals surface area contributed by atoms with Gasteiger partial charge in [0.1, 0.15) is 23.2 Å². The van der Waals surface area contributed by atoms with Gasteiger partial charge in [0.15, 0.2) is 0 Å². The second-order valence-electron chi connectivity index (χ2n) is 4.99. The molecule has 1 aliphatic rings. The molecule has 1 saturated carbocycles. The normalized spacial score (nSPS) is 14.2. The highest BCUT2D eigenvalue weighted by atomic mass is 19.1. The standard InChI is InChI=1S/C15H16FN3O/c1-9-7-11(16)5-6-12(9)20-14-8-13(17-2)18-15(19-14)10-3-4-10/h5-8,10H,3-4H2,1-2H3,(H,17,18,19). The zero-order valence-electron chi connectivity index (χ0n) is 11.5. The van der Waals surface area contributed by atoms with Gasteiger partial charge in [-0.05, 0) is 43.5 Å². The Bertz CT molecular complexity index is 641. The number of aryl methyl sites for hydroxylation is 1. The summed E-state index contributed by atoms with van der Waals surface area (Å²) in [5.41, 5.74) is 0.739. The van der Waals surface area contributed by atoms with Crippen LogP contribution in [0.3, 0.4) is 0 Å². The van der Waals surface area contributed by atoms with Crippen molar-refractivity contribution in [1.82, 2.24) is 9.97 Å². The van der Waals surface area contributed by atoms with Crippen molar-refractivity contribution in [3.8, 4) is 11.6 Å². The third kappa shape index (κ3) is 2.71. The Balaban J connectivity index is 1.91. The van der Waals surface area contributed by atoms with Gasteiger partial charge < -0.3 is 10.1 Å². The van der Waals surface area contributed by atoms with Gasteiger partial charge in [0.2, 0.25) is 5.88 Å². The number of benzene rings is 1. The Kier molecular flexibility index (Phi) is 3.26. The topological polar surface area (TPSA) is 47.0 Å². The van der Waals surface area contributed by atoms with Gasteiger partial charge in [-0.15, -0.1) is 0 Å². The van der Waals surface area contributed by atoms with E-state index in [1.807, 2.05) is 7.05 Å². The predicted octanol–water partition coefficient (Wildman–Crippen LogP) is 3.64. The first kappa shape index (κ1) is 12.8. The van der Waals surface area contributed by atoms with Crippen molar-refractivity contribution in [1.29, 1.82) is 0 Å². The number of nitrogens with one attached hydrogen (secondary N) is 1. The average molecular weight is 273 g/mol. The number of nitrogens with zero attached hydrogens (tertiary/aromatic N) is 2. The first-order valence-electron chi connectivity index (χ1n) is 6.66. The molecule has 1 aliphatic carbocycles. The van der Waals surface area contributed by atoms with Crippen LogP contribution in [0.4, 0.5) is 10.2 Å². The first-order chi connectivity index (χ1) is 9.65. The molecule has 0 amide bonds. The minimum atomic E-state index is -0.271. The Hall–Kier alpha value is -2.17. The van der Waals surface area contributed by atoms with Crippen LogP contribution < -0.4 is 10.1 Å². The number of hydrogen-bond acceptors (Lipinski definition) is 4. The van der Waals surface area contributed by atoms with Crippen LogP contribution in [0.2, 0.25) is 0 Å². The van der Waals surface area contributed by atoms with E-state index in [1.165, 1.54) is 12.1 Å². The molecule has 104 valence electrons. The zero-order valence-corrected chi connectivity index (χ0v) is 11.5. The molecular formula is C15H16FN3O. The van der Waals surface area contributed by atoms with Gasteiger partial charge in [-0.1, -0.05) is 0 Å². The van der Waals surface area contributed by atoms with E-state index in [4.69, 9.17) is 4.74 Å². The molecule has 3 rings (SSSR count). The van der Waals surface area contributed by atoms with Crippen LogP contribution in [-0.2, 0) is 0 Å². The fourth-order valence-electron chi connectivity index (χ4n) is 1.99. The van der Waals surface area contributed by atoms with Crippen molar-refractivity contribution >= 4 is 5.82 Å². The largest absolute Gasteiger partial charge is 0.439 e. The summed E-state index contributed by atoms with van der Waals surface area (Å²) in [4.78, 5) is 8.86. The minimum Gasteiger partial charge on any atom is -0.439 e. The highest BCUT2D eigenvalue weighted by Crippen LogP contribution is 2.39. The summed E-state index contributed by atoms with van der Waals surface area (Å²) in [7, 11) is 1.81. The van der Waals surface area contributed by atoms with Crippen LogP contribution in [-0.4, -0.2) is 17.0 Å². The Labute approximate surface area is 117 Å². The maximum atomic E-state index is 13.1. The maximum Gasteiger partial charge on any atom is 0.224 e. The molecule has 0 radical (unpaired) electrons. The van der Waals surface area contributed by atoms with Gasteiger partial charge in [-0.3, -0.25) is 0 Å². The van der Waals surface area contributed by atoms with Crippen molar-refractivity contribution in [3.63, 3.8) is 0 Å². The molecule has 0 bridgehead atoms. The van der Waals surface area contributed by atoms with Crippen LogP contribution >= 0.6 is 0 Å². The van der Waals surface area contributed by atoms with Gasteiger partial charge in [0, 0.05) is 19.0 Å². The molecule has 4 nitrogen and oxygen atoms in total. The van der Waals surface area contributed by atoms with Crippen LogP contribution in [0.15, 0.2) is 24.3 Å². The molecule has 1 aromatic carbocycles. The van der Waals surface area contributed by atoms with E-state index in [9.17, 15) is 4.39 Å². The Morgan fingerprint density at radius 1 is 1.25 bits per heavy atom. The molecule has 20 heavy (non-hydrogen) atoms. The van der Waals surface area contributed by atoms with E-state index < -0.39 is 0 Å². The highest BCUT2D eigenvalue weighted by Gasteiger charge is 2.27. The third-order valence-corrected chi connectivity index (χ3v) is 3.27. The summed E-state index contributed by atoms with van der Waals surface area (Å²) >= 11 is 0. The van der Waals surface area contributed by atoms with Crippen molar-refractivity contribution in [2.24, 2.45) is 0 Å². The van der Waals surface area contributed by atoms with E-state index >= 15 is 0 Å². The average Bonchev–Trinajstić information content (AvgIpc) is 3.26. The lowest BCUT2D eigenvalue weighted by Gasteiger charge is -2.10. The molecule has 0 atom stereocenters. The number of rotatable bonds is 4. The van der Waals surface area contributed by atoms with Gasteiger partial charge in [0.05, 0.1) is 0 Å².